The molecule has 1 aromatic carbocycles. The number of ether oxygens (including phenoxy) is 1. The number of nitro groups is 1. The number of carbonyl (C=O) groups is 1. The van der Waals surface area contributed by atoms with Gasteiger partial charge in [0.1, 0.15) is 5.60 Å². The third-order valence-corrected chi connectivity index (χ3v) is 5.29. The largest absolute Gasteiger partial charge is 0.443 e. The van der Waals surface area contributed by atoms with Crippen molar-refractivity contribution in [3.63, 3.8) is 0 Å². The lowest BCUT2D eigenvalue weighted by molar-refractivity contribution is -0.384. The van der Waals surface area contributed by atoms with Crippen LogP contribution < -0.4 is 0 Å². The van der Waals surface area contributed by atoms with E-state index in [0.29, 0.717) is 0 Å². The number of aromatic nitrogens is 1. The fourth-order valence-electron chi connectivity index (χ4n) is 2.33. The molecule has 0 atom stereocenters. The number of hydrogen-bond acceptors (Lipinski definition) is 6. The minimum absolute atomic E-state index is 0.0749. The molecule has 0 unspecified atom stereocenters. The molecule has 8 nitrogen and oxygen atoms in total. The third kappa shape index (κ3) is 4.10. The molecule has 0 aliphatic heterocycles. The van der Waals surface area contributed by atoms with E-state index in [1.54, 1.807) is 26.8 Å². The zero-order valence-electron chi connectivity index (χ0n) is 14.9. The van der Waals surface area contributed by atoms with Crippen molar-refractivity contribution in [3.8, 4) is 11.3 Å². The lowest BCUT2D eigenvalue weighted by Gasteiger charge is -2.20. The lowest BCUT2D eigenvalue weighted by atomic mass is 10.1. The highest BCUT2D eigenvalue weighted by molar-refractivity contribution is 7.91. The number of benzene rings is 1. The molecule has 0 N–H and O–H groups in total. The van der Waals surface area contributed by atoms with E-state index in [4.69, 9.17) is 4.74 Å². The minimum Gasteiger partial charge on any atom is -0.443 e. The van der Waals surface area contributed by atoms with Gasteiger partial charge in [-0.1, -0.05) is 6.92 Å². The molecule has 2 aromatic rings. The Morgan fingerprint density at radius 2 is 1.92 bits per heavy atom. The molecule has 0 fully saturated rings. The van der Waals surface area contributed by atoms with Gasteiger partial charge in [0.15, 0.2) is 9.84 Å². The second-order valence-corrected chi connectivity index (χ2v) is 8.83. The van der Waals surface area contributed by atoms with Crippen LogP contribution in [0.4, 0.5) is 10.5 Å². The number of rotatable bonds is 4. The van der Waals surface area contributed by atoms with E-state index in [1.165, 1.54) is 25.3 Å². The van der Waals surface area contributed by atoms with Crippen molar-refractivity contribution in [2.75, 3.05) is 5.75 Å². The van der Waals surface area contributed by atoms with Gasteiger partial charge in [0.25, 0.3) is 5.69 Å². The Kier molecular flexibility index (Phi) is 5.22. The van der Waals surface area contributed by atoms with Crippen LogP contribution in [0.3, 0.4) is 0 Å². The Labute approximate surface area is 151 Å². The number of nitro benzene ring substituents is 1. The van der Waals surface area contributed by atoms with Crippen LogP contribution in [-0.4, -0.2) is 35.4 Å². The molecule has 9 heteroatoms. The van der Waals surface area contributed by atoms with Gasteiger partial charge in [0.2, 0.25) is 0 Å². The Bertz CT molecular complexity index is 954. The van der Waals surface area contributed by atoms with Gasteiger partial charge in [-0.05, 0) is 39.0 Å². The molecule has 0 radical (unpaired) electrons. The molecule has 1 heterocycles. The summed E-state index contributed by atoms with van der Waals surface area (Å²) < 4.78 is 31.3. The summed E-state index contributed by atoms with van der Waals surface area (Å²) in [6.45, 7) is 6.59. The fraction of sp³-hybridized carbons (Fsp3) is 0.353. The quantitative estimate of drug-likeness (QED) is 0.592. The Morgan fingerprint density at radius 3 is 2.46 bits per heavy atom. The number of hydrogen-bond donors (Lipinski definition) is 0. The Hall–Kier alpha value is -2.68. The van der Waals surface area contributed by atoms with Gasteiger partial charge in [-0.2, -0.15) is 0 Å². The first-order valence-corrected chi connectivity index (χ1v) is 9.54. The maximum atomic E-state index is 12.4. The smallest absolute Gasteiger partial charge is 0.418 e. The zero-order valence-corrected chi connectivity index (χ0v) is 15.7. The molecule has 0 aliphatic rings. The first-order chi connectivity index (χ1) is 12.0. The summed E-state index contributed by atoms with van der Waals surface area (Å²) in [6, 6.07) is 6.53. The molecule has 0 aliphatic carbocycles. The third-order valence-electron chi connectivity index (χ3n) is 3.50. The van der Waals surface area contributed by atoms with Gasteiger partial charge in [0, 0.05) is 23.9 Å². The summed E-state index contributed by atoms with van der Waals surface area (Å²) in [5, 5.41) is 11.1. The summed E-state index contributed by atoms with van der Waals surface area (Å²) in [6.07, 6.45) is 0.716. The van der Waals surface area contributed by atoms with E-state index in [-0.39, 0.29) is 27.6 Å². The average Bonchev–Trinajstić information content (AvgIpc) is 3.02. The van der Waals surface area contributed by atoms with Crippen LogP contribution in [0.1, 0.15) is 27.7 Å². The van der Waals surface area contributed by atoms with Crippen molar-refractivity contribution in [2.45, 2.75) is 38.2 Å². The molecule has 0 amide bonds. The highest BCUT2D eigenvalue weighted by Crippen LogP contribution is 2.32. The molecule has 2 rings (SSSR count). The van der Waals surface area contributed by atoms with E-state index in [1.807, 2.05) is 0 Å². The minimum atomic E-state index is -3.66. The molecule has 0 bridgehead atoms. The second kappa shape index (κ2) is 6.91. The van der Waals surface area contributed by atoms with Crippen LogP contribution in [0.5, 0.6) is 0 Å². The summed E-state index contributed by atoms with van der Waals surface area (Å²) in [5.41, 5.74) is -0.738. The van der Waals surface area contributed by atoms with Crippen LogP contribution in [0, 0.1) is 10.1 Å². The molecule has 140 valence electrons. The van der Waals surface area contributed by atoms with E-state index < -0.39 is 26.5 Å². The summed E-state index contributed by atoms with van der Waals surface area (Å²) >= 11 is 0. The first-order valence-electron chi connectivity index (χ1n) is 7.88. The maximum absolute atomic E-state index is 12.4. The molecular formula is C17H20N2O6S. The normalized spacial score (nSPS) is 12.0. The van der Waals surface area contributed by atoms with Crippen LogP contribution in [-0.2, 0) is 14.6 Å². The highest BCUT2D eigenvalue weighted by Gasteiger charge is 2.25. The number of non-ortho nitro benzene ring substituents is 1. The van der Waals surface area contributed by atoms with E-state index >= 15 is 0 Å². The van der Waals surface area contributed by atoms with E-state index in [0.717, 1.165) is 16.7 Å². The highest BCUT2D eigenvalue weighted by atomic mass is 32.2. The Balaban J connectivity index is 2.69. The summed E-state index contributed by atoms with van der Waals surface area (Å²) in [4.78, 5) is 22.8. The summed E-state index contributed by atoms with van der Waals surface area (Å²) in [5.74, 6) is -0.176. The van der Waals surface area contributed by atoms with Gasteiger partial charge in [0.05, 0.1) is 21.3 Å². The number of nitrogens with zero attached hydrogens (tertiary/aromatic N) is 2. The van der Waals surface area contributed by atoms with Gasteiger partial charge in [-0.15, -0.1) is 0 Å². The zero-order chi connectivity index (χ0) is 19.7. The maximum Gasteiger partial charge on any atom is 0.418 e. The van der Waals surface area contributed by atoms with Crippen LogP contribution in [0.25, 0.3) is 11.3 Å². The lowest BCUT2D eigenvalue weighted by Crippen LogP contribution is -2.27. The van der Waals surface area contributed by atoms with Gasteiger partial charge >= 0.3 is 6.09 Å². The average molecular weight is 380 g/mol. The Morgan fingerprint density at radius 1 is 1.27 bits per heavy atom. The van der Waals surface area contributed by atoms with Crippen molar-refractivity contribution in [1.82, 2.24) is 4.57 Å². The molecule has 26 heavy (non-hydrogen) atoms. The topological polar surface area (TPSA) is 109 Å². The van der Waals surface area contributed by atoms with Crippen LogP contribution in [0.2, 0.25) is 0 Å². The van der Waals surface area contributed by atoms with Gasteiger partial charge in [-0.25, -0.2) is 13.2 Å². The van der Waals surface area contributed by atoms with Crippen LogP contribution in [0.15, 0.2) is 41.4 Å². The van der Waals surface area contributed by atoms with Crippen LogP contribution >= 0.6 is 0 Å². The standard InChI is InChI=1S/C17H20N2O6S/c1-5-26(23,24)15-9-8-12(19(21)22)11-13(15)14-7-6-10-18(14)16(20)25-17(2,3)4/h6-11H,5H2,1-4H3. The second-order valence-electron chi connectivity index (χ2n) is 6.58. The monoisotopic (exact) mass is 380 g/mol. The van der Waals surface area contributed by atoms with E-state index in [2.05, 4.69) is 0 Å². The predicted octanol–water partition coefficient (Wildman–Crippen LogP) is 3.64. The fourth-order valence-corrected chi connectivity index (χ4v) is 3.41. The number of carbonyl (C=O) groups excluding carboxylic acids is 1. The molecular weight excluding hydrogens is 360 g/mol. The molecule has 1 aromatic heterocycles. The molecule has 0 spiro atoms. The summed E-state index contributed by atoms with van der Waals surface area (Å²) in [7, 11) is -3.66. The van der Waals surface area contributed by atoms with E-state index in [9.17, 15) is 23.3 Å². The van der Waals surface area contributed by atoms with Crippen molar-refractivity contribution in [2.24, 2.45) is 0 Å². The van der Waals surface area contributed by atoms with Gasteiger partial charge < -0.3 is 4.74 Å². The molecule has 0 saturated carbocycles. The van der Waals surface area contributed by atoms with Crippen molar-refractivity contribution >= 4 is 21.6 Å². The predicted molar refractivity (Wildman–Crippen MR) is 95.9 cm³/mol. The number of sulfone groups is 1. The van der Waals surface area contributed by atoms with Gasteiger partial charge in [-0.3, -0.25) is 14.7 Å². The van der Waals surface area contributed by atoms with Crippen molar-refractivity contribution in [1.29, 1.82) is 0 Å². The van der Waals surface area contributed by atoms with Crippen molar-refractivity contribution in [3.05, 3.63) is 46.6 Å². The first kappa shape index (κ1) is 19.6. The molecule has 0 saturated heterocycles. The SMILES string of the molecule is CCS(=O)(=O)c1ccc([N+](=O)[O-])cc1-c1cccn1C(=O)OC(C)(C)C. The van der Waals surface area contributed by atoms with Crippen molar-refractivity contribution < 1.29 is 22.9 Å².